The number of aliphatic hydroxyl groups is 2. The van der Waals surface area contributed by atoms with E-state index in [0.29, 0.717) is 0 Å². The molecule has 14 heteroatoms. The van der Waals surface area contributed by atoms with Crippen molar-refractivity contribution in [1.29, 1.82) is 0 Å². The Morgan fingerprint density at radius 3 is 2.84 bits per heavy atom. The molecule has 1 saturated heterocycles. The number of hydrogen-bond donors (Lipinski definition) is 5. The van der Waals surface area contributed by atoms with Gasteiger partial charge in [0.25, 0.3) is 5.56 Å². The maximum absolute atomic E-state index is 11.8. The molecule has 2 aromatic heterocycles. The minimum absolute atomic E-state index is 0.0103. The molecule has 4 atom stereocenters. The SMILES string of the molecule is CS[C@@]1(n2cnc3c(=O)[nH]cnc32)O[C@H](COP(=O)(O)O)[C@@H](O)[C@H]1O. The normalized spacial score (nSPS) is 30.2. The minimum Gasteiger partial charge on any atom is -0.387 e. The number of phosphoric acid groups is 1. The van der Waals surface area contributed by atoms with Gasteiger partial charge >= 0.3 is 7.82 Å². The molecule has 0 radical (unpaired) electrons. The molecule has 1 fully saturated rings. The monoisotopic (exact) mass is 394 g/mol. The van der Waals surface area contributed by atoms with E-state index in [0.717, 1.165) is 18.1 Å². The summed E-state index contributed by atoms with van der Waals surface area (Å²) in [6.07, 6.45) is -0.269. The molecule has 0 spiro atoms. The van der Waals surface area contributed by atoms with Gasteiger partial charge in [-0.15, -0.1) is 11.8 Å². The van der Waals surface area contributed by atoms with Crippen molar-refractivity contribution in [1.82, 2.24) is 19.5 Å². The van der Waals surface area contributed by atoms with Gasteiger partial charge in [-0.05, 0) is 6.26 Å². The first-order valence-corrected chi connectivity index (χ1v) is 9.65. The highest BCUT2D eigenvalue weighted by molar-refractivity contribution is 7.99. The molecule has 3 rings (SSSR count). The van der Waals surface area contributed by atoms with Crippen LogP contribution in [-0.2, 0) is 18.9 Å². The number of fused-ring (bicyclic) bond motifs is 1. The van der Waals surface area contributed by atoms with Crippen molar-refractivity contribution in [3.05, 3.63) is 23.0 Å². The minimum atomic E-state index is -4.78. The van der Waals surface area contributed by atoms with E-state index in [4.69, 9.17) is 14.5 Å². The van der Waals surface area contributed by atoms with Gasteiger partial charge in [0.15, 0.2) is 11.2 Å². The standard InChI is InChI=1S/C11H15N4O8PS/c1-25-11(15-4-14-6-9(15)12-3-13-10(6)18)8(17)7(16)5(23-11)2-22-24(19,20)21/h3-5,7-8,16-17H,2H2,1H3,(H,12,13,18)(H2,19,20,21)/t5-,7-,8-,11+/m1/s1. The van der Waals surface area contributed by atoms with E-state index < -0.39 is 43.4 Å². The van der Waals surface area contributed by atoms with Crippen LogP contribution < -0.4 is 5.56 Å². The first-order valence-electron chi connectivity index (χ1n) is 6.90. The summed E-state index contributed by atoms with van der Waals surface area (Å²) >= 11 is 0.996. The third-order valence-corrected chi connectivity index (χ3v) is 5.38. The highest BCUT2D eigenvalue weighted by Gasteiger charge is 2.56. The smallest absolute Gasteiger partial charge is 0.387 e. The van der Waals surface area contributed by atoms with Gasteiger partial charge in [0.05, 0.1) is 12.9 Å². The fraction of sp³-hybridized carbons (Fsp3) is 0.545. The van der Waals surface area contributed by atoms with Crippen LogP contribution in [0.3, 0.4) is 0 Å². The van der Waals surface area contributed by atoms with E-state index in [9.17, 15) is 19.6 Å². The average Bonchev–Trinajstić information content (AvgIpc) is 3.08. The number of aromatic amines is 1. The maximum Gasteiger partial charge on any atom is 0.469 e. The molecule has 138 valence electrons. The maximum atomic E-state index is 11.8. The van der Waals surface area contributed by atoms with Crippen LogP contribution in [0.5, 0.6) is 0 Å². The topological polar surface area (TPSA) is 180 Å². The number of aliphatic hydroxyl groups excluding tert-OH is 2. The number of nitrogens with zero attached hydrogens (tertiary/aromatic N) is 3. The van der Waals surface area contributed by atoms with Crippen LogP contribution >= 0.6 is 19.6 Å². The molecule has 0 saturated carbocycles. The molecule has 0 amide bonds. The van der Waals surface area contributed by atoms with E-state index in [1.807, 2.05) is 0 Å². The Hall–Kier alpha value is -1.31. The van der Waals surface area contributed by atoms with Gasteiger partial charge in [0.1, 0.15) is 24.6 Å². The van der Waals surface area contributed by atoms with Gasteiger partial charge in [-0.1, -0.05) is 0 Å². The van der Waals surface area contributed by atoms with Gasteiger partial charge in [0.2, 0.25) is 5.06 Å². The summed E-state index contributed by atoms with van der Waals surface area (Å²) in [5.41, 5.74) is -0.369. The van der Waals surface area contributed by atoms with Gasteiger partial charge in [-0.25, -0.2) is 14.5 Å². The lowest BCUT2D eigenvalue weighted by atomic mass is 10.1. The predicted molar refractivity (Wildman–Crippen MR) is 84.5 cm³/mol. The lowest BCUT2D eigenvalue weighted by Gasteiger charge is -2.31. The Labute approximate surface area is 144 Å². The highest BCUT2D eigenvalue weighted by atomic mass is 32.2. The van der Waals surface area contributed by atoms with E-state index in [1.165, 1.54) is 10.9 Å². The van der Waals surface area contributed by atoms with E-state index in [-0.39, 0.29) is 11.2 Å². The van der Waals surface area contributed by atoms with E-state index in [1.54, 1.807) is 6.26 Å². The summed E-state index contributed by atoms with van der Waals surface area (Å²) in [6.45, 7) is -0.647. The van der Waals surface area contributed by atoms with Gasteiger partial charge in [0, 0.05) is 0 Å². The zero-order valence-corrected chi connectivity index (χ0v) is 14.4. The molecular weight excluding hydrogens is 379 g/mol. The highest BCUT2D eigenvalue weighted by Crippen LogP contribution is 2.45. The Morgan fingerprint density at radius 1 is 1.48 bits per heavy atom. The molecule has 3 heterocycles. The first kappa shape index (κ1) is 18.5. The number of nitrogens with one attached hydrogen (secondary N) is 1. The fourth-order valence-electron chi connectivity index (χ4n) is 2.62. The summed E-state index contributed by atoms with van der Waals surface area (Å²) in [7, 11) is -4.78. The van der Waals surface area contributed by atoms with Crippen LogP contribution in [0.2, 0.25) is 0 Å². The summed E-state index contributed by atoms with van der Waals surface area (Å²) in [6, 6.07) is 0. The Morgan fingerprint density at radius 2 is 2.20 bits per heavy atom. The van der Waals surface area contributed by atoms with Crippen molar-refractivity contribution in [2.75, 3.05) is 12.9 Å². The lowest BCUT2D eigenvalue weighted by Crippen LogP contribution is -2.42. The summed E-state index contributed by atoms with van der Waals surface area (Å²) < 4.78 is 22.2. The molecule has 2 aromatic rings. The fourth-order valence-corrected chi connectivity index (χ4v) is 3.89. The van der Waals surface area contributed by atoms with E-state index >= 15 is 0 Å². The van der Waals surface area contributed by atoms with Crippen LogP contribution in [0, 0.1) is 0 Å². The zero-order valence-electron chi connectivity index (χ0n) is 12.7. The largest absolute Gasteiger partial charge is 0.469 e. The van der Waals surface area contributed by atoms with Crippen molar-refractivity contribution >= 4 is 30.7 Å². The van der Waals surface area contributed by atoms with Crippen LogP contribution in [0.15, 0.2) is 17.4 Å². The number of hydrogen-bond acceptors (Lipinski definition) is 9. The number of imidazole rings is 1. The summed E-state index contributed by atoms with van der Waals surface area (Å²) in [5, 5.41) is 19.1. The first-order chi connectivity index (χ1) is 11.7. The molecule has 1 aliphatic rings. The second-order valence-electron chi connectivity index (χ2n) is 5.23. The number of rotatable bonds is 5. The van der Waals surface area contributed by atoms with E-state index in [2.05, 4.69) is 19.5 Å². The van der Waals surface area contributed by atoms with Crippen molar-refractivity contribution in [2.24, 2.45) is 0 Å². The van der Waals surface area contributed by atoms with Gasteiger partial charge < -0.3 is 29.7 Å². The van der Waals surface area contributed by atoms with Crippen molar-refractivity contribution < 1.29 is 33.8 Å². The van der Waals surface area contributed by atoms with Crippen LogP contribution in [0.1, 0.15) is 0 Å². The quantitative estimate of drug-likeness (QED) is 0.366. The Balaban J connectivity index is 2.01. The Kier molecular flexibility index (Phi) is 4.77. The third-order valence-electron chi connectivity index (χ3n) is 3.77. The number of thioether (sulfide) groups is 1. The molecular formula is C11H15N4O8PS. The molecule has 1 aliphatic heterocycles. The number of ether oxygens (including phenoxy) is 1. The van der Waals surface area contributed by atoms with Crippen LogP contribution in [0.25, 0.3) is 11.2 Å². The van der Waals surface area contributed by atoms with Crippen molar-refractivity contribution in [2.45, 2.75) is 23.4 Å². The molecule has 25 heavy (non-hydrogen) atoms. The second kappa shape index (κ2) is 6.45. The molecule has 0 aliphatic carbocycles. The van der Waals surface area contributed by atoms with Gasteiger partial charge in [-0.2, -0.15) is 0 Å². The zero-order chi connectivity index (χ0) is 18.4. The number of aromatic nitrogens is 4. The molecule has 12 nitrogen and oxygen atoms in total. The molecule has 0 unspecified atom stereocenters. The Bertz CT molecular complexity index is 882. The molecule has 0 bridgehead atoms. The number of phosphoric ester groups is 1. The molecule has 0 aromatic carbocycles. The van der Waals surface area contributed by atoms with Gasteiger partial charge in [-0.3, -0.25) is 13.9 Å². The van der Waals surface area contributed by atoms with Crippen molar-refractivity contribution in [3.63, 3.8) is 0 Å². The predicted octanol–water partition coefficient (Wildman–Crippen LogP) is -1.68. The van der Waals surface area contributed by atoms with Crippen molar-refractivity contribution in [3.8, 4) is 0 Å². The van der Waals surface area contributed by atoms with Crippen LogP contribution in [-0.4, -0.2) is 70.7 Å². The summed E-state index contributed by atoms with van der Waals surface area (Å²) in [5.74, 6) is 0. The lowest BCUT2D eigenvalue weighted by molar-refractivity contribution is -0.0765. The van der Waals surface area contributed by atoms with Crippen LogP contribution in [0.4, 0.5) is 0 Å². The number of H-pyrrole nitrogens is 1. The average molecular weight is 394 g/mol. The summed E-state index contributed by atoms with van der Waals surface area (Å²) in [4.78, 5) is 39.7. The molecule has 5 N–H and O–H groups in total. The third kappa shape index (κ3) is 3.13. The second-order valence-corrected chi connectivity index (χ2v) is 7.46.